The Bertz CT molecular complexity index is 2210. The average Bonchev–Trinajstić information content (AvgIpc) is 3.70. The Kier molecular flexibility index (Phi) is 8.36. The van der Waals surface area contributed by atoms with Crippen LogP contribution in [0.25, 0.3) is 10.8 Å². The maximum absolute atomic E-state index is 16.7. The molecule has 8 rings (SSSR count). The van der Waals surface area contributed by atoms with E-state index in [0.29, 0.717) is 28.2 Å². The Morgan fingerprint density at radius 1 is 0.865 bits per heavy atom. The molecule has 0 aromatic heterocycles. The second-order valence-corrected chi connectivity index (χ2v) is 18.3. The molecule has 0 radical (unpaired) electrons. The first-order valence-corrected chi connectivity index (χ1v) is 20.7. The van der Waals surface area contributed by atoms with Crippen LogP contribution in [0.2, 0.25) is 18.6 Å². The predicted molar refractivity (Wildman–Crippen MR) is 202 cm³/mol. The molecule has 3 amide bonds. The second kappa shape index (κ2) is 12.8. The van der Waals surface area contributed by atoms with Crippen molar-refractivity contribution in [2.45, 2.75) is 50.2 Å². The number of aliphatic hydroxyl groups is 1. The van der Waals surface area contributed by atoms with Gasteiger partial charge in [0.15, 0.2) is 5.60 Å². The first kappa shape index (κ1) is 34.0. The molecule has 1 N–H and O–H groups in total. The largest absolute Gasteiger partial charge is 0.395 e. The van der Waals surface area contributed by atoms with Crippen LogP contribution in [0.15, 0.2) is 115 Å². The highest BCUT2D eigenvalue weighted by molar-refractivity contribution is 6.72. The van der Waals surface area contributed by atoms with Gasteiger partial charge in [0, 0.05) is 46.9 Å². The van der Waals surface area contributed by atoms with Gasteiger partial charge in [0.1, 0.15) is 0 Å². The molecule has 10 heteroatoms. The third kappa shape index (κ3) is 5.27. The normalized spacial score (nSPS) is 22.1. The van der Waals surface area contributed by atoms with Crippen LogP contribution < -0.4 is 9.80 Å². The third-order valence-corrected chi connectivity index (χ3v) is 13.5. The van der Waals surface area contributed by atoms with Crippen LogP contribution in [-0.2, 0) is 26.5 Å². The molecule has 5 aromatic carbocycles. The molecule has 0 unspecified atom stereocenters. The molecule has 3 heterocycles. The van der Waals surface area contributed by atoms with Gasteiger partial charge in [-0.1, -0.05) is 79.7 Å². The molecule has 0 bridgehead atoms. The molecule has 0 aliphatic carbocycles. The fourth-order valence-electron chi connectivity index (χ4n) is 8.82. The van der Waals surface area contributed by atoms with Gasteiger partial charge in [-0.15, -0.1) is 0 Å². The van der Waals surface area contributed by atoms with Crippen LogP contribution >= 0.6 is 0 Å². The molecular weight excluding hydrogens is 674 g/mol. The van der Waals surface area contributed by atoms with Crippen LogP contribution in [0.3, 0.4) is 0 Å². The van der Waals surface area contributed by atoms with E-state index >= 15 is 8.90 Å². The Labute approximate surface area is 303 Å². The van der Waals surface area contributed by atoms with E-state index < -0.39 is 31.6 Å². The highest BCUT2D eigenvalue weighted by Crippen LogP contribution is 2.62. The standard InChI is InChI=1S/C42H40FN3O5Si/c1-27-39(52(2,3)43)36(25-37(48)44(22-23-47)26-28-12-6-4-7-13-28)51-42(27)33-24-31(20-21-34(33)46(41(42)50)30-16-8-5-9-17-30)45-35-19-11-15-29-14-10-18-32(38(29)35)40(45)49/h4-21,24,27,36,39,47H,22-23,25-26H2,1-3H3/t27-,36+,39-,42+/m1/s1. The third-order valence-electron chi connectivity index (χ3n) is 11.0. The minimum absolute atomic E-state index is 0.105. The molecule has 5 aromatic rings. The van der Waals surface area contributed by atoms with Crippen molar-refractivity contribution >= 4 is 59.7 Å². The zero-order chi connectivity index (χ0) is 36.4. The number of ether oxygens (including phenoxy) is 1. The molecule has 3 aliphatic heterocycles. The van der Waals surface area contributed by atoms with Crippen molar-refractivity contribution in [1.29, 1.82) is 0 Å². The summed E-state index contributed by atoms with van der Waals surface area (Å²) in [7, 11) is -3.60. The average molecular weight is 714 g/mol. The van der Waals surface area contributed by atoms with Gasteiger partial charge in [0.05, 0.1) is 36.1 Å². The van der Waals surface area contributed by atoms with Crippen LogP contribution in [0, 0.1) is 5.92 Å². The molecule has 4 atom stereocenters. The van der Waals surface area contributed by atoms with Crippen molar-refractivity contribution < 1.29 is 28.3 Å². The zero-order valence-corrected chi connectivity index (χ0v) is 30.3. The topological polar surface area (TPSA) is 90.4 Å². The van der Waals surface area contributed by atoms with Crippen LogP contribution in [0.4, 0.5) is 26.9 Å². The number of hydrogen-bond donors (Lipinski definition) is 1. The number of hydrogen-bond acceptors (Lipinski definition) is 5. The van der Waals surface area contributed by atoms with Crippen molar-refractivity contribution in [2.24, 2.45) is 5.92 Å². The number of carbonyl (C=O) groups excluding carboxylic acids is 3. The van der Waals surface area contributed by atoms with Gasteiger partial charge in [0.2, 0.25) is 14.3 Å². The van der Waals surface area contributed by atoms with Crippen LogP contribution in [0.5, 0.6) is 0 Å². The summed E-state index contributed by atoms with van der Waals surface area (Å²) in [5.74, 6) is -1.47. The fraction of sp³-hybridized carbons (Fsp3) is 0.262. The molecule has 1 saturated heterocycles. The van der Waals surface area contributed by atoms with E-state index in [4.69, 9.17) is 4.74 Å². The van der Waals surface area contributed by atoms with Crippen molar-refractivity contribution in [3.63, 3.8) is 0 Å². The lowest BCUT2D eigenvalue weighted by atomic mass is 9.82. The van der Waals surface area contributed by atoms with Gasteiger partial charge in [-0.3, -0.25) is 24.2 Å². The smallest absolute Gasteiger partial charge is 0.268 e. The highest BCUT2D eigenvalue weighted by Gasteiger charge is 2.67. The molecule has 1 spiro atoms. The number of benzene rings is 5. The van der Waals surface area contributed by atoms with E-state index in [-0.39, 0.29) is 43.8 Å². The van der Waals surface area contributed by atoms with Crippen LogP contribution in [0.1, 0.15) is 34.8 Å². The lowest BCUT2D eigenvalue weighted by Gasteiger charge is -2.31. The van der Waals surface area contributed by atoms with Gasteiger partial charge in [-0.25, -0.2) is 0 Å². The molecule has 1 fully saturated rings. The van der Waals surface area contributed by atoms with Crippen molar-refractivity contribution in [1.82, 2.24) is 4.90 Å². The van der Waals surface area contributed by atoms with E-state index in [1.807, 2.05) is 122 Å². The first-order valence-electron chi connectivity index (χ1n) is 17.7. The minimum atomic E-state index is -3.60. The predicted octanol–water partition coefficient (Wildman–Crippen LogP) is 8.00. The zero-order valence-electron chi connectivity index (χ0n) is 29.3. The number of fused-ring (bicyclic) bond motifs is 2. The first-order chi connectivity index (χ1) is 25.0. The highest BCUT2D eigenvalue weighted by atomic mass is 28.4. The summed E-state index contributed by atoms with van der Waals surface area (Å²) in [6, 6.07) is 35.8. The number of halogens is 1. The fourth-order valence-corrected chi connectivity index (χ4v) is 11.3. The maximum atomic E-state index is 16.7. The van der Waals surface area contributed by atoms with Crippen molar-refractivity contribution in [2.75, 3.05) is 23.0 Å². The summed E-state index contributed by atoms with van der Waals surface area (Å²) < 4.78 is 23.6. The lowest BCUT2D eigenvalue weighted by molar-refractivity contribution is -0.149. The molecule has 0 saturated carbocycles. The Morgan fingerprint density at radius 3 is 2.25 bits per heavy atom. The Morgan fingerprint density at radius 2 is 1.56 bits per heavy atom. The number of rotatable bonds is 9. The minimum Gasteiger partial charge on any atom is -0.395 e. The summed E-state index contributed by atoms with van der Waals surface area (Å²) >= 11 is 0. The molecule has 8 nitrogen and oxygen atoms in total. The van der Waals surface area contributed by atoms with E-state index in [2.05, 4.69) is 0 Å². The second-order valence-electron chi connectivity index (χ2n) is 14.5. The summed E-state index contributed by atoms with van der Waals surface area (Å²) in [6.45, 7) is 5.23. The molecule has 52 heavy (non-hydrogen) atoms. The van der Waals surface area contributed by atoms with Gasteiger partial charge in [-0.05, 0) is 66.5 Å². The van der Waals surface area contributed by atoms with Crippen molar-refractivity contribution in [3.8, 4) is 0 Å². The van der Waals surface area contributed by atoms with Gasteiger partial charge >= 0.3 is 0 Å². The van der Waals surface area contributed by atoms with E-state index in [9.17, 15) is 14.7 Å². The van der Waals surface area contributed by atoms with E-state index in [0.717, 1.165) is 22.0 Å². The SMILES string of the molecule is C[C@@H]1[C@@H]([Si](C)(C)F)[C@H](CC(=O)N(CCO)Cc2ccccc2)O[C@@]12C(=O)N(c1ccccc1)c1ccc(N3C(=O)c4cccc5cccc3c45)cc12. The Balaban J connectivity index is 1.24. The lowest BCUT2D eigenvalue weighted by Crippen LogP contribution is -2.44. The maximum Gasteiger partial charge on any atom is 0.268 e. The van der Waals surface area contributed by atoms with E-state index in [1.54, 1.807) is 27.8 Å². The molecule has 3 aliphatic rings. The van der Waals surface area contributed by atoms with Gasteiger partial charge in [0.25, 0.3) is 11.8 Å². The number of carbonyl (C=O) groups is 3. The Hall–Kier alpha value is -5.16. The molecular formula is C42H40FN3O5Si. The van der Waals surface area contributed by atoms with Gasteiger partial charge in [-0.2, -0.15) is 0 Å². The number of nitrogens with zero attached hydrogens (tertiary/aromatic N) is 3. The number of anilines is 4. The summed E-state index contributed by atoms with van der Waals surface area (Å²) in [6.07, 6.45) is -1.06. The summed E-state index contributed by atoms with van der Waals surface area (Å²) in [4.78, 5) is 48.0. The number of amides is 3. The quantitative estimate of drug-likeness (QED) is 0.124. The summed E-state index contributed by atoms with van der Waals surface area (Å²) in [5.41, 5.74) is 2.23. The summed E-state index contributed by atoms with van der Waals surface area (Å²) in [5, 5.41) is 11.7. The number of aliphatic hydroxyl groups excluding tert-OH is 1. The van der Waals surface area contributed by atoms with Gasteiger partial charge < -0.3 is 18.9 Å². The van der Waals surface area contributed by atoms with Crippen LogP contribution in [-0.4, -0.2) is 55.4 Å². The number of para-hydroxylation sites is 1. The van der Waals surface area contributed by atoms with Crippen molar-refractivity contribution in [3.05, 3.63) is 132 Å². The van der Waals surface area contributed by atoms with E-state index in [1.165, 1.54) is 0 Å². The monoisotopic (exact) mass is 713 g/mol. The molecule has 264 valence electrons.